The molecule has 0 aliphatic heterocycles. The minimum Gasteiger partial charge on any atom is -0.288 e. The maximum Gasteiger partial charge on any atom is 0.186 e. The number of hydrogen-bond acceptors (Lipinski definition) is 2. The van der Waals surface area contributed by atoms with Crippen molar-refractivity contribution < 1.29 is 4.79 Å². The van der Waals surface area contributed by atoms with Gasteiger partial charge in [-0.3, -0.25) is 4.79 Å². The van der Waals surface area contributed by atoms with Crippen molar-refractivity contribution in [3.8, 4) is 0 Å². The van der Waals surface area contributed by atoms with Crippen molar-refractivity contribution in [3.05, 3.63) is 0 Å². The third kappa shape index (κ3) is 6.75. The van der Waals surface area contributed by atoms with E-state index in [0.717, 1.165) is 0 Å². The lowest BCUT2D eigenvalue weighted by Gasteiger charge is -1.93. The van der Waals surface area contributed by atoms with Crippen LogP contribution in [-0.4, -0.2) is 8.37 Å². The van der Waals surface area contributed by atoms with Crippen LogP contribution in [-0.2, 0) is 4.79 Å². The summed E-state index contributed by atoms with van der Waals surface area (Å²) in [5, 5.41) is 0.196. The van der Waals surface area contributed by atoms with Crippen molar-refractivity contribution in [3.63, 3.8) is 0 Å². The third-order valence-electron chi connectivity index (χ3n) is 0.328. The highest BCUT2D eigenvalue weighted by atomic mass is 127. The van der Waals surface area contributed by atoms with Gasteiger partial charge in [0.05, 0.1) is 3.26 Å². The lowest BCUT2D eigenvalue weighted by Crippen LogP contribution is -1.86. The molecule has 0 amide bonds. The van der Waals surface area contributed by atoms with Gasteiger partial charge in [-0.05, 0) is 6.92 Å². The Kier molecular flexibility index (Phi) is 4.11. The molecule has 1 nitrogen and oxygen atoms in total. The van der Waals surface area contributed by atoms with Gasteiger partial charge in [-0.25, -0.2) is 0 Å². The molecule has 0 fully saturated rings. The van der Waals surface area contributed by atoms with Crippen molar-refractivity contribution in [2.45, 2.75) is 17.1 Å². The average molecular weight is 230 g/mol. The molecule has 0 aliphatic carbocycles. The molecule has 1 unspecified atom stereocenters. The number of halogens is 1. The highest BCUT2D eigenvalue weighted by Crippen LogP contribution is 2.16. The molecular weight excluding hydrogens is 223 g/mol. The van der Waals surface area contributed by atoms with Crippen molar-refractivity contribution >= 4 is 39.5 Å². The van der Waals surface area contributed by atoms with Gasteiger partial charge in [-0.2, -0.15) is 0 Å². The van der Waals surface area contributed by atoms with E-state index in [0.29, 0.717) is 3.26 Å². The Morgan fingerprint density at radius 3 is 2.29 bits per heavy atom. The van der Waals surface area contributed by atoms with Crippen LogP contribution in [0.4, 0.5) is 0 Å². The summed E-state index contributed by atoms with van der Waals surface area (Å²) in [5.41, 5.74) is 0. The molecule has 0 rings (SSSR count). The van der Waals surface area contributed by atoms with E-state index in [2.05, 4.69) is 22.6 Å². The second-order valence-corrected chi connectivity index (χ2v) is 5.38. The summed E-state index contributed by atoms with van der Waals surface area (Å²) < 4.78 is 0.412. The summed E-state index contributed by atoms with van der Waals surface area (Å²) in [4.78, 5) is 10.2. The molecule has 7 heavy (non-hydrogen) atoms. The van der Waals surface area contributed by atoms with E-state index in [9.17, 15) is 4.79 Å². The first-order valence-electron chi connectivity index (χ1n) is 1.94. The molecule has 0 aromatic heterocycles. The number of rotatable bonds is 1. The van der Waals surface area contributed by atoms with Gasteiger partial charge in [0.25, 0.3) is 0 Å². The van der Waals surface area contributed by atoms with Gasteiger partial charge in [0.2, 0.25) is 0 Å². The van der Waals surface area contributed by atoms with Crippen LogP contribution in [0.15, 0.2) is 0 Å². The Bertz CT molecular complexity index is 72.1. The summed E-state index contributed by atoms with van der Waals surface area (Å²) in [6, 6.07) is 0. The van der Waals surface area contributed by atoms with Crippen LogP contribution in [0.1, 0.15) is 13.8 Å². The average Bonchev–Trinajstić information content (AvgIpc) is 1.27. The molecule has 0 aromatic rings. The molecule has 0 saturated carbocycles. The summed E-state index contributed by atoms with van der Waals surface area (Å²) in [6.45, 7) is 3.58. The first-order chi connectivity index (χ1) is 3.13. The molecule has 0 aromatic carbocycles. The Hall–Kier alpha value is 0.750. The molecule has 0 N–H and O–H groups in total. The van der Waals surface area contributed by atoms with E-state index in [1.807, 2.05) is 6.92 Å². The van der Waals surface area contributed by atoms with Gasteiger partial charge in [-0.15, -0.1) is 0 Å². The minimum atomic E-state index is 0.196. The van der Waals surface area contributed by atoms with Gasteiger partial charge in [0.1, 0.15) is 0 Å². The zero-order valence-electron chi connectivity index (χ0n) is 4.27. The fourth-order valence-corrected chi connectivity index (χ4v) is 1.76. The molecule has 1 atom stereocenters. The zero-order valence-corrected chi connectivity index (χ0v) is 7.25. The summed E-state index contributed by atoms with van der Waals surface area (Å²) in [5.74, 6) is 0. The van der Waals surface area contributed by atoms with Gasteiger partial charge in [0, 0.05) is 6.92 Å². The molecule has 0 radical (unpaired) electrons. The van der Waals surface area contributed by atoms with Gasteiger partial charge in [0.15, 0.2) is 5.12 Å². The Morgan fingerprint density at radius 1 is 1.86 bits per heavy atom. The number of hydrogen-bond donors (Lipinski definition) is 0. The van der Waals surface area contributed by atoms with Crippen LogP contribution >= 0.6 is 34.4 Å². The van der Waals surface area contributed by atoms with Gasteiger partial charge < -0.3 is 0 Å². The van der Waals surface area contributed by atoms with E-state index < -0.39 is 0 Å². The number of carbonyl (C=O) groups excluding carboxylic acids is 1. The number of carbonyl (C=O) groups is 1. The summed E-state index contributed by atoms with van der Waals surface area (Å²) in [7, 11) is 0. The van der Waals surface area contributed by atoms with Crippen LogP contribution in [0.2, 0.25) is 0 Å². The highest BCUT2D eigenvalue weighted by Gasteiger charge is 1.97. The SMILES string of the molecule is CC(=O)SC(C)I. The van der Waals surface area contributed by atoms with Crippen LogP contribution < -0.4 is 0 Å². The second-order valence-electron chi connectivity index (χ2n) is 1.15. The summed E-state index contributed by atoms with van der Waals surface area (Å²) in [6.07, 6.45) is 0. The third-order valence-corrected chi connectivity index (χ3v) is 1.75. The smallest absolute Gasteiger partial charge is 0.186 e. The van der Waals surface area contributed by atoms with Crippen molar-refractivity contribution in [2.24, 2.45) is 0 Å². The molecule has 3 heteroatoms. The van der Waals surface area contributed by atoms with Crippen LogP contribution in [0.5, 0.6) is 0 Å². The largest absolute Gasteiger partial charge is 0.288 e. The predicted octanol–water partition coefficient (Wildman–Crippen LogP) is 2.05. The van der Waals surface area contributed by atoms with Crippen LogP contribution in [0, 0.1) is 0 Å². The first-order valence-corrected chi connectivity index (χ1v) is 4.06. The van der Waals surface area contributed by atoms with Crippen molar-refractivity contribution in [1.29, 1.82) is 0 Å². The van der Waals surface area contributed by atoms with E-state index in [1.54, 1.807) is 6.92 Å². The quantitative estimate of drug-likeness (QED) is 0.506. The van der Waals surface area contributed by atoms with Crippen molar-refractivity contribution in [2.75, 3.05) is 0 Å². The Morgan fingerprint density at radius 2 is 2.29 bits per heavy atom. The maximum atomic E-state index is 10.2. The van der Waals surface area contributed by atoms with Crippen LogP contribution in [0.25, 0.3) is 0 Å². The standard InChI is InChI=1S/C4H7IOS/c1-3(5)7-4(2)6/h3H,1-2H3. The highest BCUT2D eigenvalue weighted by molar-refractivity contribution is 14.1. The van der Waals surface area contributed by atoms with Gasteiger partial charge in [-0.1, -0.05) is 34.4 Å². The minimum absolute atomic E-state index is 0.196. The van der Waals surface area contributed by atoms with E-state index >= 15 is 0 Å². The van der Waals surface area contributed by atoms with E-state index in [-0.39, 0.29) is 5.12 Å². The molecule has 0 bridgehead atoms. The fraction of sp³-hybridized carbons (Fsp3) is 0.750. The monoisotopic (exact) mass is 230 g/mol. The Labute approximate surface area is 61.4 Å². The first kappa shape index (κ1) is 7.75. The van der Waals surface area contributed by atoms with E-state index in [4.69, 9.17) is 0 Å². The summed E-state index contributed by atoms with van der Waals surface area (Å²) >= 11 is 3.56. The second kappa shape index (κ2) is 3.72. The van der Waals surface area contributed by atoms with Gasteiger partial charge >= 0.3 is 0 Å². The molecule has 0 spiro atoms. The lowest BCUT2D eigenvalue weighted by molar-refractivity contribution is -0.109. The number of thioether (sulfide) groups is 1. The number of alkyl halides is 1. The molecule has 42 valence electrons. The maximum absolute atomic E-state index is 10.2. The molecular formula is C4H7IOS. The molecule has 0 heterocycles. The Balaban J connectivity index is 3.13. The zero-order chi connectivity index (χ0) is 5.86. The van der Waals surface area contributed by atoms with E-state index in [1.165, 1.54) is 11.8 Å². The topological polar surface area (TPSA) is 17.1 Å². The van der Waals surface area contributed by atoms with Crippen LogP contribution in [0.3, 0.4) is 0 Å². The normalized spacial score (nSPS) is 13.6. The molecule has 0 saturated heterocycles. The fourth-order valence-electron chi connectivity index (χ4n) is 0.229. The lowest BCUT2D eigenvalue weighted by atomic mass is 10.9. The van der Waals surface area contributed by atoms with Crippen molar-refractivity contribution in [1.82, 2.24) is 0 Å². The molecule has 0 aliphatic rings. The predicted molar refractivity (Wildman–Crippen MR) is 41.8 cm³/mol.